The van der Waals surface area contributed by atoms with Crippen LogP contribution in [0.25, 0.3) is 0 Å². The smallest absolute Gasteiger partial charge is 0.128 e. The van der Waals surface area contributed by atoms with Crippen LogP contribution in [0.4, 0.5) is 4.39 Å². The fourth-order valence-electron chi connectivity index (χ4n) is 1.94. The van der Waals surface area contributed by atoms with Crippen LogP contribution in [0.2, 0.25) is 0 Å². The number of hydrogen-bond donors (Lipinski definition) is 1. The third-order valence-electron chi connectivity index (χ3n) is 2.47. The van der Waals surface area contributed by atoms with Crippen LogP contribution in [-0.2, 0) is 12.0 Å². The van der Waals surface area contributed by atoms with Gasteiger partial charge in [-0.1, -0.05) is 0 Å². The third-order valence-corrected chi connectivity index (χ3v) is 2.47. The molecule has 0 amide bonds. The van der Waals surface area contributed by atoms with E-state index in [1.54, 1.807) is 6.07 Å². The van der Waals surface area contributed by atoms with Crippen LogP contribution in [-0.4, -0.2) is 6.61 Å². The summed E-state index contributed by atoms with van der Waals surface area (Å²) in [5.74, 6) is 0.543. The van der Waals surface area contributed by atoms with E-state index in [0.29, 0.717) is 12.2 Å². The van der Waals surface area contributed by atoms with E-state index < -0.39 is 5.54 Å². The number of hydrogen-bond acceptors (Lipinski definition) is 2. The van der Waals surface area contributed by atoms with Crippen molar-refractivity contribution in [2.24, 2.45) is 5.73 Å². The van der Waals surface area contributed by atoms with Gasteiger partial charge < -0.3 is 10.5 Å². The minimum absolute atomic E-state index is 0.234. The molecule has 3 heteroatoms. The second-order valence-electron chi connectivity index (χ2n) is 4.22. The first kappa shape index (κ1) is 9.46. The number of rotatable bonds is 1. The van der Waals surface area contributed by atoms with Gasteiger partial charge in [0.25, 0.3) is 0 Å². The Hall–Kier alpha value is -1.09. The standard InChI is InChI=1S/C11H14FNO/c1-11(2,13)10-7-5-6-14-9(7)4-3-8(10)12/h3-4H,5-6,13H2,1-2H3. The van der Waals surface area contributed by atoms with Crippen molar-refractivity contribution in [2.75, 3.05) is 6.61 Å². The predicted octanol–water partition coefficient (Wildman–Crippen LogP) is 1.95. The highest BCUT2D eigenvalue weighted by atomic mass is 19.1. The van der Waals surface area contributed by atoms with E-state index in [9.17, 15) is 4.39 Å². The Labute approximate surface area is 82.9 Å². The maximum atomic E-state index is 13.6. The Bertz CT molecular complexity index is 368. The molecule has 0 fully saturated rings. The van der Waals surface area contributed by atoms with Gasteiger partial charge in [0.2, 0.25) is 0 Å². The number of fused-ring (bicyclic) bond motifs is 1. The highest BCUT2D eigenvalue weighted by Crippen LogP contribution is 2.34. The summed E-state index contributed by atoms with van der Waals surface area (Å²) in [7, 11) is 0. The lowest BCUT2D eigenvalue weighted by Gasteiger charge is -2.22. The molecule has 0 spiro atoms. The maximum Gasteiger partial charge on any atom is 0.128 e. The molecular formula is C11H14FNO. The maximum absolute atomic E-state index is 13.6. The molecule has 0 unspecified atom stereocenters. The Morgan fingerprint density at radius 2 is 2.14 bits per heavy atom. The molecule has 0 aromatic heterocycles. The van der Waals surface area contributed by atoms with Crippen molar-refractivity contribution in [3.63, 3.8) is 0 Å². The van der Waals surface area contributed by atoms with E-state index in [2.05, 4.69) is 0 Å². The molecule has 1 aromatic carbocycles. The van der Waals surface area contributed by atoms with Gasteiger partial charge in [-0.15, -0.1) is 0 Å². The molecule has 2 nitrogen and oxygen atoms in total. The quantitative estimate of drug-likeness (QED) is 0.743. The van der Waals surface area contributed by atoms with Gasteiger partial charge in [-0.3, -0.25) is 0 Å². The average Bonchev–Trinajstić information content (AvgIpc) is 2.48. The summed E-state index contributed by atoms with van der Waals surface area (Å²) in [4.78, 5) is 0. The van der Waals surface area contributed by atoms with Crippen LogP contribution in [0.1, 0.15) is 25.0 Å². The molecule has 0 radical (unpaired) electrons. The summed E-state index contributed by atoms with van der Waals surface area (Å²) in [5.41, 5.74) is 6.80. The first-order valence-electron chi connectivity index (χ1n) is 4.73. The van der Waals surface area contributed by atoms with E-state index in [1.165, 1.54) is 6.07 Å². The van der Waals surface area contributed by atoms with Gasteiger partial charge in [0.1, 0.15) is 11.6 Å². The lowest BCUT2D eigenvalue weighted by molar-refractivity contribution is 0.356. The zero-order valence-electron chi connectivity index (χ0n) is 8.43. The molecule has 0 bridgehead atoms. The largest absolute Gasteiger partial charge is 0.493 e. The van der Waals surface area contributed by atoms with Crippen molar-refractivity contribution < 1.29 is 9.13 Å². The number of ether oxygens (including phenoxy) is 1. The van der Waals surface area contributed by atoms with Gasteiger partial charge in [0, 0.05) is 23.1 Å². The minimum atomic E-state index is -0.650. The molecule has 0 saturated heterocycles. The molecule has 1 aliphatic rings. The van der Waals surface area contributed by atoms with Gasteiger partial charge in [0.05, 0.1) is 6.61 Å². The van der Waals surface area contributed by atoms with Gasteiger partial charge in [-0.2, -0.15) is 0 Å². The molecule has 14 heavy (non-hydrogen) atoms. The zero-order chi connectivity index (χ0) is 10.3. The highest BCUT2D eigenvalue weighted by Gasteiger charge is 2.27. The van der Waals surface area contributed by atoms with Crippen molar-refractivity contribution in [3.8, 4) is 5.75 Å². The van der Waals surface area contributed by atoms with Crippen molar-refractivity contribution in [1.82, 2.24) is 0 Å². The molecule has 1 aromatic rings. The summed E-state index contributed by atoms with van der Waals surface area (Å²) in [5, 5.41) is 0. The van der Waals surface area contributed by atoms with Crippen LogP contribution < -0.4 is 10.5 Å². The first-order valence-corrected chi connectivity index (χ1v) is 4.73. The number of nitrogens with two attached hydrogens (primary N) is 1. The lowest BCUT2D eigenvalue weighted by atomic mass is 9.89. The minimum Gasteiger partial charge on any atom is -0.493 e. The van der Waals surface area contributed by atoms with Crippen molar-refractivity contribution in [3.05, 3.63) is 29.1 Å². The van der Waals surface area contributed by atoms with Crippen molar-refractivity contribution >= 4 is 0 Å². The topological polar surface area (TPSA) is 35.2 Å². The molecule has 0 atom stereocenters. The van der Waals surface area contributed by atoms with Crippen LogP contribution >= 0.6 is 0 Å². The number of halogens is 1. The molecular weight excluding hydrogens is 181 g/mol. The van der Waals surface area contributed by atoms with Gasteiger partial charge >= 0.3 is 0 Å². The van der Waals surface area contributed by atoms with Gasteiger partial charge in [-0.25, -0.2) is 4.39 Å². The fourth-order valence-corrected chi connectivity index (χ4v) is 1.94. The molecule has 2 rings (SSSR count). The fraction of sp³-hybridized carbons (Fsp3) is 0.455. The molecule has 0 saturated carbocycles. The third kappa shape index (κ3) is 1.38. The van der Waals surface area contributed by atoms with Crippen LogP contribution in [0.15, 0.2) is 12.1 Å². The van der Waals surface area contributed by atoms with E-state index in [-0.39, 0.29) is 5.82 Å². The summed E-state index contributed by atoms with van der Waals surface area (Å²) in [6, 6.07) is 3.10. The van der Waals surface area contributed by atoms with Crippen LogP contribution in [0, 0.1) is 5.82 Å². The molecule has 2 N–H and O–H groups in total. The average molecular weight is 195 g/mol. The Morgan fingerprint density at radius 1 is 1.43 bits per heavy atom. The first-order chi connectivity index (χ1) is 6.50. The molecule has 1 aliphatic heterocycles. The Morgan fingerprint density at radius 3 is 2.79 bits per heavy atom. The zero-order valence-corrected chi connectivity index (χ0v) is 8.43. The van der Waals surface area contributed by atoms with Crippen molar-refractivity contribution in [2.45, 2.75) is 25.8 Å². The van der Waals surface area contributed by atoms with Crippen LogP contribution in [0.3, 0.4) is 0 Å². The van der Waals surface area contributed by atoms with Gasteiger partial charge in [0.15, 0.2) is 0 Å². The Balaban J connectivity index is 2.63. The van der Waals surface area contributed by atoms with E-state index in [1.807, 2.05) is 13.8 Å². The SMILES string of the molecule is CC(C)(N)c1c(F)ccc2c1CCO2. The lowest BCUT2D eigenvalue weighted by Crippen LogP contribution is -2.31. The molecule has 0 aliphatic carbocycles. The summed E-state index contributed by atoms with van der Waals surface area (Å²) in [6.45, 7) is 4.25. The number of benzene rings is 1. The van der Waals surface area contributed by atoms with E-state index in [0.717, 1.165) is 17.7 Å². The van der Waals surface area contributed by atoms with E-state index >= 15 is 0 Å². The predicted molar refractivity (Wildman–Crippen MR) is 52.8 cm³/mol. The highest BCUT2D eigenvalue weighted by molar-refractivity contribution is 5.46. The second-order valence-corrected chi connectivity index (χ2v) is 4.22. The second kappa shape index (κ2) is 2.95. The summed E-state index contributed by atoms with van der Waals surface area (Å²) >= 11 is 0. The summed E-state index contributed by atoms with van der Waals surface area (Å²) in [6.07, 6.45) is 0.753. The Kier molecular flexibility index (Phi) is 2.00. The molecule has 1 heterocycles. The summed E-state index contributed by atoms with van der Waals surface area (Å²) < 4.78 is 19.0. The van der Waals surface area contributed by atoms with Crippen molar-refractivity contribution in [1.29, 1.82) is 0 Å². The van der Waals surface area contributed by atoms with E-state index in [4.69, 9.17) is 10.5 Å². The monoisotopic (exact) mass is 195 g/mol. The normalized spacial score (nSPS) is 15.1. The van der Waals surface area contributed by atoms with Gasteiger partial charge in [-0.05, 0) is 26.0 Å². The van der Waals surface area contributed by atoms with Crippen LogP contribution in [0.5, 0.6) is 5.75 Å². The molecule has 76 valence electrons.